The zero-order valence-electron chi connectivity index (χ0n) is 10.7. The summed E-state index contributed by atoms with van der Waals surface area (Å²) in [6.07, 6.45) is 1.65. The van der Waals surface area contributed by atoms with Crippen LogP contribution in [0.1, 0.15) is 11.3 Å². The molecule has 1 aromatic carbocycles. The zero-order valence-corrected chi connectivity index (χ0v) is 10.7. The van der Waals surface area contributed by atoms with Crippen LogP contribution in [0, 0.1) is 6.92 Å². The summed E-state index contributed by atoms with van der Waals surface area (Å²) in [5.41, 5.74) is 9.59. The van der Waals surface area contributed by atoms with Gasteiger partial charge in [-0.05, 0) is 24.6 Å². The maximum atomic E-state index is 5.60. The molecule has 0 saturated heterocycles. The van der Waals surface area contributed by atoms with Crippen molar-refractivity contribution in [2.75, 3.05) is 0 Å². The topological polar surface area (TPSA) is 67.8 Å². The van der Waals surface area contributed by atoms with Gasteiger partial charge in [0.1, 0.15) is 11.5 Å². The van der Waals surface area contributed by atoms with Crippen LogP contribution < -0.4 is 5.73 Å². The Hall–Kier alpha value is -2.33. The third-order valence-electron chi connectivity index (χ3n) is 3.10. The molecular weight excluding hydrogens is 238 g/mol. The van der Waals surface area contributed by atoms with E-state index in [4.69, 9.17) is 10.2 Å². The number of nitrogens with one attached hydrogen (secondary N) is 1. The number of aryl methyl sites for hydroxylation is 1. The minimum absolute atomic E-state index is 0.551. The van der Waals surface area contributed by atoms with E-state index in [2.05, 4.69) is 9.97 Å². The lowest BCUT2D eigenvalue weighted by atomic mass is 10.1. The highest BCUT2D eigenvalue weighted by Crippen LogP contribution is 2.25. The first-order chi connectivity index (χ1) is 9.28. The van der Waals surface area contributed by atoms with E-state index in [1.807, 2.05) is 43.3 Å². The van der Waals surface area contributed by atoms with Gasteiger partial charge < -0.3 is 15.1 Å². The molecule has 3 N–H and O–H groups in total. The Kier molecular flexibility index (Phi) is 2.93. The fraction of sp³-hybridized carbons (Fsp3) is 0.133. The fourth-order valence-electron chi connectivity index (χ4n) is 2.05. The number of hydrogen-bond acceptors (Lipinski definition) is 3. The van der Waals surface area contributed by atoms with Crippen LogP contribution >= 0.6 is 0 Å². The highest BCUT2D eigenvalue weighted by molar-refractivity contribution is 5.64. The van der Waals surface area contributed by atoms with Crippen molar-refractivity contribution < 1.29 is 4.42 Å². The molecule has 0 aliphatic heterocycles. The Morgan fingerprint density at radius 1 is 1.21 bits per heavy atom. The minimum Gasteiger partial charge on any atom is -0.463 e. The first kappa shape index (κ1) is 11.7. The molecule has 4 nitrogen and oxygen atoms in total. The summed E-state index contributed by atoms with van der Waals surface area (Å²) in [5.74, 6) is 1.62. The van der Waals surface area contributed by atoms with E-state index in [-0.39, 0.29) is 0 Å². The Labute approximate surface area is 111 Å². The van der Waals surface area contributed by atoms with Gasteiger partial charge in [-0.3, -0.25) is 0 Å². The van der Waals surface area contributed by atoms with Gasteiger partial charge in [-0.15, -0.1) is 0 Å². The van der Waals surface area contributed by atoms with E-state index >= 15 is 0 Å². The number of aromatic amines is 1. The molecule has 3 aromatic rings. The van der Waals surface area contributed by atoms with Crippen molar-refractivity contribution in [2.24, 2.45) is 5.73 Å². The van der Waals surface area contributed by atoms with Gasteiger partial charge in [-0.25, -0.2) is 4.98 Å². The first-order valence-corrected chi connectivity index (χ1v) is 6.18. The van der Waals surface area contributed by atoms with Gasteiger partial charge in [0.05, 0.1) is 6.26 Å². The molecule has 0 amide bonds. The van der Waals surface area contributed by atoms with Crippen molar-refractivity contribution in [1.82, 2.24) is 9.97 Å². The molecule has 0 aliphatic carbocycles. The lowest BCUT2D eigenvalue weighted by molar-refractivity contribution is 0.580. The highest BCUT2D eigenvalue weighted by atomic mass is 16.3. The Bertz CT molecular complexity index is 666. The van der Waals surface area contributed by atoms with Crippen molar-refractivity contribution in [2.45, 2.75) is 13.5 Å². The van der Waals surface area contributed by atoms with E-state index in [0.717, 1.165) is 34.1 Å². The maximum absolute atomic E-state index is 5.60. The number of nitrogens with zero attached hydrogens (tertiary/aromatic N) is 1. The van der Waals surface area contributed by atoms with Gasteiger partial charge in [-0.1, -0.05) is 24.3 Å². The van der Waals surface area contributed by atoms with E-state index in [9.17, 15) is 0 Å². The van der Waals surface area contributed by atoms with Crippen LogP contribution in [0.25, 0.3) is 22.8 Å². The van der Waals surface area contributed by atoms with E-state index in [1.165, 1.54) is 0 Å². The quantitative estimate of drug-likeness (QED) is 0.753. The van der Waals surface area contributed by atoms with Crippen LogP contribution in [0.2, 0.25) is 0 Å². The number of nitrogens with two attached hydrogens (primary N) is 1. The van der Waals surface area contributed by atoms with Crippen LogP contribution in [0.4, 0.5) is 0 Å². The van der Waals surface area contributed by atoms with Crippen LogP contribution in [0.5, 0.6) is 0 Å². The second-order valence-corrected chi connectivity index (χ2v) is 4.44. The summed E-state index contributed by atoms with van der Waals surface area (Å²) >= 11 is 0. The molecule has 96 valence electrons. The molecule has 0 saturated carbocycles. The average Bonchev–Trinajstić information content (AvgIpc) is 3.08. The summed E-state index contributed by atoms with van der Waals surface area (Å²) in [4.78, 5) is 7.88. The van der Waals surface area contributed by atoms with E-state index in [0.29, 0.717) is 6.54 Å². The van der Waals surface area contributed by atoms with Gasteiger partial charge in [0.15, 0.2) is 5.76 Å². The molecule has 19 heavy (non-hydrogen) atoms. The van der Waals surface area contributed by atoms with E-state index < -0.39 is 0 Å². The van der Waals surface area contributed by atoms with Crippen molar-refractivity contribution in [1.29, 1.82) is 0 Å². The second-order valence-electron chi connectivity index (χ2n) is 4.44. The fourth-order valence-corrected chi connectivity index (χ4v) is 2.05. The first-order valence-electron chi connectivity index (χ1n) is 6.18. The maximum Gasteiger partial charge on any atom is 0.154 e. The van der Waals surface area contributed by atoms with Gasteiger partial charge in [-0.2, -0.15) is 0 Å². The predicted molar refractivity (Wildman–Crippen MR) is 74.4 cm³/mol. The van der Waals surface area contributed by atoms with Crippen molar-refractivity contribution in [3.05, 3.63) is 53.9 Å². The third-order valence-corrected chi connectivity index (χ3v) is 3.10. The molecule has 0 aliphatic rings. The molecule has 0 radical (unpaired) electrons. The number of benzene rings is 1. The van der Waals surface area contributed by atoms with E-state index in [1.54, 1.807) is 6.26 Å². The largest absolute Gasteiger partial charge is 0.463 e. The molecule has 2 heterocycles. The van der Waals surface area contributed by atoms with Gasteiger partial charge in [0, 0.05) is 17.8 Å². The number of H-pyrrole nitrogens is 1. The molecule has 0 bridgehead atoms. The number of hydrogen-bond donors (Lipinski definition) is 2. The lowest BCUT2D eigenvalue weighted by Gasteiger charge is -1.99. The van der Waals surface area contributed by atoms with Crippen LogP contribution in [0.15, 0.2) is 47.1 Å². The molecule has 4 heteroatoms. The monoisotopic (exact) mass is 253 g/mol. The normalized spacial score (nSPS) is 10.8. The Morgan fingerprint density at radius 3 is 2.63 bits per heavy atom. The minimum atomic E-state index is 0.551. The average molecular weight is 253 g/mol. The number of furan rings is 1. The molecule has 2 aromatic heterocycles. The lowest BCUT2D eigenvalue weighted by Crippen LogP contribution is -1.95. The summed E-state index contributed by atoms with van der Waals surface area (Å²) < 4.78 is 5.39. The van der Waals surface area contributed by atoms with Crippen molar-refractivity contribution >= 4 is 0 Å². The molecule has 3 rings (SSSR count). The number of aromatic nitrogens is 2. The summed E-state index contributed by atoms with van der Waals surface area (Å²) in [6, 6.07) is 11.8. The van der Waals surface area contributed by atoms with Gasteiger partial charge in [0.25, 0.3) is 0 Å². The summed E-state index contributed by atoms with van der Waals surface area (Å²) in [7, 11) is 0. The standard InChI is InChI=1S/C15H15N3O/c1-10-14(13-3-2-8-19-13)18-15(17-10)12-6-4-11(9-16)5-7-12/h2-8H,9,16H2,1H3,(H,17,18). The second kappa shape index (κ2) is 4.74. The number of imidazole rings is 1. The van der Waals surface area contributed by atoms with Crippen molar-refractivity contribution in [3.8, 4) is 22.8 Å². The molecular formula is C15H15N3O. The Balaban J connectivity index is 1.99. The highest BCUT2D eigenvalue weighted by Gasteiger charge is 2.12. The molecule has 0 spiro atoms. The zero-order chi connectivity index (χ0) is 13.2. The van der Waals surface area contributed by atoms with Crippen LogP contribution in [0.3, 0.4) is 0 Å². The predicted octanol–water partition coefficient (Wildman–Crippen LogP) is 3.10. The van der Waals surface area contributed by atoms with Crippen LogP contribution in [-0.4, -0.2) is 9.97 Å². The Morgan fingerprint density at radius 2 is 2.00 bits per heavy atom. The smallest absolute Gasteiger partial charge is 0.154 e. The summed E-state index contributed by atoms with van der Waals surface area (Å²) in [6.45, 7) is 2.54. The molecule has 0 unspecified atom stereocenters. The summed E-state index contributed by atoms with van der Waals surface area (Å²) in [5, 5.41) is 0. The molecule has 0 atom stereocenters. The molecule has 0 fully saturated rings. The third kappa shape index (κ3) is 2.18. The van der Waals surface area contributed by atoms with Gasteiger partial charge >= 0.3 is 0 Å². The van der Waals surface area contributed by atoms with Crippen molar-refractivity contribution in [3.63, 3.8) is 0 Å². The van der Waals surface area contributed by atoms with Crippen LogP contribution in [-0.2, 0) is 6.54 Å². The number of rotatable bonds is 3. The van der Waals surface area contributed by atoms with Gasteiger partial charge in [0.2, 0.25) is 0 Å². The SMILES string of the molecule is Cc1[nH]c(-c2ccc(CN)cc2)nc1-c1ccco1.